The fraction of sp³-hybridized carbons (Fsp3) is 0.964. The van der Waals surface area contributed by atoms with E-state index < -0.39 is 20.9 Å². The highest BCUT2D eigenvalue weighted by molar-refractivity contribution is 7.40. The summed E-state index contributed by atoms with van der Waals surface area (Å²) in [6.45, 7) is 3.60. The van der Waals surface area contributed by atoms with Gasteiger partial charge in [0.25, 0.3) is 0 Å². The third kappa shape index (κ3) is 26.6. The van der Waals surface area contributed by atoms with Gasteiger partial charge in [0.05, 0.1) is 27.8 Å². The number of hydrogen-bond acceptors (Lipinski definition) is 6. The molecule has 0 aliphatic carbocycles. The largest absolute Gasteiger partial charge is 0.508 e. The maximum Gasteiger partial charge on any atom is 0.508 e. The van der Waals surface area contributed by atoms with Crippen molar-refractivity contribution in [2.24, 2.45) is 0 Å². The molecule has 8 heteroatoms. The first-order valence-corrected chi connectivity index (χ1v) is 15.9. The first-order valence-electron chi connectivity index (χ1n) is 14.8. The topological polar surface area (TPSA) is 78.7 Å². The number of likely N-dealkylation sites (N-methyl/N-ethyl adjacent to an activating group) is 1. The van der Waals surface area contributed by atoms with Crippen LogP contribution in [0, 0.1) is 0 Å². The third-order valence-corrected chi connectivity index (χ3v) is 7.26. The van der Waals surface area contributed by atoms with E-state index in [9.17, 15) is 9.69 Å². The normalized spacial score (nSPS) is 13.2. The lowest BCUT2D eigenvalue weighted by atomic mass is 10.0. The van der Waals surface area contributed by atoms with Crippen LogP contribution in [-0.2, 0) is 18.5 Å². The van der Waals surface area contributed by atoms with Crippen molar-refractivity contribution >= 4 is 14.8 Å². The molecular weight excluding hydrogens is 477 g/mol. The molecule has 0 aromatic rings. The van der Waals surface area contributed by atoms with Crippen molar-refractivity contribution < 1.29 is 33.1 Å². The number of carbonyl (C=O) groups excluding carboxylic acids is 1. The Bertz CT molecular complexity index is 469. The van der Waals surface area contributed by atoms with E-state index in [1.807, 2.05) is 14.1 Å². The number of nitrogens with one attached hydrogen (secondary N) is 1. The molecule has 0 amide bonds. The van der Waals surface area contributed by atoms with Crippen LogP contribution in [0.4, 0.5) is 4.79 Å². The maximum absolute atomic E-state index is 11.5. The quantitative estimate of drug-likeness (QED) is 0.0671. The zero-order valence-corrected chi connectivity index (χ0v) is 25.0. The molecule has 0 aromatic heterocycles. The highest BCUT2D eigenvalue weighted by Crippen LogP contribution is 2.33. The summed E-state index contributed by atoms with van der Waals surface area (Å²) in [4.78, 5) is 22.6. The Morgan fingerprint density at radius 1 is 0.750 bits per heavy atom. The Morgan fingerprint density at radius 3 is 1.61 bits per heavy atom. The van der Waals surface area contributed by atoms with Gasteiger partial charge in [-0.3, -0.25) is 0 Å². The van der Waals surface area contributed by atoms with E-state index in [0.29, 0.717) is 13.0 Å². The smallest absolute Gasteiger partial charge is 0.438 e. The van der Waals surface area contributed by atoms with E-state index in [2.05, 4.69) is 11.7 Å². The maximum atomic E-state index is 11.5. The van der Waals surface area contributed by atoms with Gasteiger partial charge in [0.2, 0.25) is 0 Å². The molecule has 2 unspecified atom stereocenters. The summed E-state index contributed by atoms with van der Waals surface area (Å²) in [7, 11) is 3.37. The van der Waals surface area contributed by atoms with Crippen molar-refractivity contribution in [2.45, 2.75) is 135 Å². The molecule has 0 radical (unpaired) electrons. The van der Waals surface area contributed by atoms with E-state index in [1.54, 1.807) is 0 Å². The van der Waals surface area contributed by atoms with E-state index >= 15 is 0 Å². The van der Waals surface area contributed by atoms with Gasteiger partial charge in [0.15, 0.2) is 0 Å². The molecule has 0 aromatic carbocycles. The van der Waals surface area contributed by atoms with Crippen molar-refractivity contribution in [1.82, 2.24) is 0 Å². The first-order chi connectivity index (χ1) is 17.5. The van der Waals surface area contributed by atoms with Crippen molar-refractivity contribution in [3.63, 3.8) is 0 Å². The highest BCUT2D eigenvalue weighted by atomic mass is 31.2. The lowest BCUT2D eigenvalue weighted by Gasteiger charge is -2.18. The molecule has 0 rings (SSSR count). The second-order valence-electron chi connectivity index (χ2n) is 10.3. The number of methoxy groups -OCH3 is 1. The third-order valence-electron chi connectivity index (χ3n) is 6.48. The van der Waals surface area contributed by atoms with Gasteiger partial charge >= 0.3 is 14.8 Å². The number of ether oxygens (including phenoxy) is 2. The van der Waals surface area contributed by atoms with Gasteiger partial charge < -0.3 is 28.3 Å². The summed E-state index contributed by atoms with van der Waals surface area (Å²) in [6, 6.07) is 0. The van der Waals surface area contributed by atoms with Crippen molar-refractivity contribution in [3.05, 3.63) is 0 Å². The summed E-state index contributed by atoms with van der Waals surface area (Å²) >= 11 is 0. The van der Waals surface area contributed by atoms with Gasteiger partial charge in [-0.1, -0.05) is 116 Å². The fourth-order valence-corrected chi connectivity index (χ4v) is 4.76. The molecule has 216 valence electrons. The number of unbranched alkanes of at least 4 members (excludes halogenated alkanes) is 17. The Labute approximate surface area is 224 Å². The first kappa shape index (κ1) is 35.5. The lowest BCUT2D eigenvalue weighted by Crippen LogP contribution is -3.06. The Morgan fingerprint density at radius 2 is 1.19 bits per heavy atom. The van der Waals surface area contributed by atoms with Crippen LogP contribution in [-0.4, -0.2) is 58.1 Å². The van der Waals surface area contributed by atoms with E-state index in [4.69, 9.17) is 13.8 Å². The Hall–Kier alpha value is -0.460. The minimum Gasteiger partial charge on any atom is -0.438 e. The van der Waals surface area contributed by atoms with Crippen LogP contribution >= 0.6 is 8.60 Å². The summed E-state index contributed by atoms with van der Waals surface area (Å²) in [5, 5.41) is 0. The highest BCUT2D eigenvalue weighted by Gasteiger charge is 2.18. The summed E-state index contributed by atoms with van der Waals surface area (Å²) < 4.78 is 20.5. The second kappa shape index (κ2) is 27.6. The second-order valence-corrected chi connectivity index (χ2v) is 11.3. The molecular formula is C28H59NO6P+. The molecule has 2 N–H and O–H groups in total. The van der Waals surface area contributed by atoms with E-state index in [-0.39, 0.29) is 6.61 Å². The number of rotatable bonds is 27. The van der Waals surface area contributed by atoms with Gasteiger partial charge in [0.1, 0.15) is 19.3 Å². The lowest BCUT2D eigenvalue weighted by molar-refractivity contribution is -0.858. The average Bonchev–Trinajstić information content (AvgIpc) is 2.86. The van der Waals surface area contributed by atoms with Crippen LogP contribution in [0.5, 0.6) is 0 Å². The molecule has 0 aliphatic heterocycles. The Balaban J connectivity index is 3.63. The van der Waals surface area contributed by atoms with Gasteiger partial charge in [-0.15, -0.1) is 0 Å². The van der Waals surface area contributed by atoms with Gasteiger partial charge in [0, 0.05) is 0 Å². The number of carbonyl (C=O) groups is 1. The van der Waals surface area contributed by atoms with Crippen LogP contribution in [0.25, 0.3) is 0 Å². The van der Waals surface area contributed by atoms with Crippen molar-refractivity contribution in [1.29, 1.82) is 0 Å². The van der Waals surface area contributed by atoms with Gasteiger partial charge in [-0.2, -0.15) is 0 Å². The molecule has 36 heavy (non-hydrogen) atoms. The monoisotopic (exact) mass is 536 g/mol. The number of hydrogen-bond donors (Lipinski definition) is 2. The SMILES string of the molecule is CCCCCCCCCCCCCCCCCCCCC(COP(O)OCC[NH+](C)C)OC(=O)OC. The van der Waals surface area contributed by atoms with Crippen LogP contribution < -0.4 is 4.90 Å². The molecule has 0 bridgehead atoms. The summed E-state index contributed by atoms with van der Waals surface area (Å²) in [5.41, 5.74) is 0. The van der Waals surface area contributed by atoms with E-state index in [1.165, 1.54) is 115 Å². The van der Waals surface area contributed by atoms with Crippen LogP contribution in [0.2, 0.25) is 0 Å². The molecule has 0 aliphatic rings. The zero-order valence-electron chi connectivity index (χ0n) is 24.1. The predicted molar refractivity (Wildman–Crippen MR) is 149 cm³/mol. The number of quaternary nitrogens is 1. The minimum absolute atomic E-state index is 0.116. The molecule has 0 heterocycles. The van der Waals surface area contributed by atoms with Crippen LogP contribution in [0.3, 0.4) is 0 Å². The predicted octanol–water partition coefficient (Wildman–Crippen LogP) is 6.97. The van der Waals surface area contributed by atoms with Crippen molar-refractivity contribution in [3.8, 4) is 0 Å². The standard InChI is InChI=1S/C28H58NO6P/c1-5-6-7-8-9-10-11-12-13-14-15-16-17-18-19-20-21-22-23-27(35-28(30)32-4)26-34-36(31)33-25-24-29(2)3/h27,31H,5-26H2,1-4H3/p+1. The molecule has 7 nitrogen and oxygen atoms in total. The van der Waals surface area contributed by atoms with Gasteiger partial charge in [-0.25, -0.2) is 4.79 Å². The summed E-state index contributed by atoms with van der Waals surface area (Å²) in [6.07, 6.45) is 23.6. The molecule has 2 atom stereocenters. The van der Waals surface area contributed by atoms with E-state index in [0.717, 1.165) is 19.4 Å². The van der Waals surface area contributed by atoms with Crippen LogP contribution in [0.15, 0.2) is 0 Å². The van der Waals surface area contributed by atoms with Gasteiger partial charge in [-0.05, 0) is 12.8 Å². The fourth-order valence-electron chi connectivity index (χ4n) is 4.15. The minimum atomic E-state index is -1.96. The molecule has 0 spiro atoms. The average molecular weight is 537 g/mol. The molecule has 0 saturated carbocycles. The molecule has 0 saturated heterocycles. The van der Waals surface area contributed by atoms with Crippen LogP contribution in [0.1, 0.15) is 129 Å². The summed E-state index contributed by atoms with van der Waals surface area (Å²) in [5.74, 6) is 0. The Kier molecular flexibility index (Phi) is 27.2. The molecule has 0 fully saturated rings. The van der Waals surface area contributed by atoms with Crippen molar-refractivity contribution in [2.75, 3.05) is 41.0 Å². The zero-order chi connectivity index (χ0) is 26.7.